The van der Waals surface area contributed by atoms with Crippen molar-refractivity contribution in [3.63, 3.8) is 0 Å². The first-order valence-electron chi connectivity index (χ1n) is 16.9. The van der Waals surface area contributed by atoms with Gasteiger partial charge in [0.25, 0.3) is 0 Å². The Kier molecular flexibility index (Phi) is 12.5. The lowest BCUT2D eigenvalue weighted by atomic mass is 9.78. The van der Waals surface area contributed by atoms with Gasteiger partial charge in [0.15, 0.2) is 5.78 Å². The highest BCUT2D eigenvalue weighted by Crippen LogP contribution is 2.31. The van der Waals surface area contributed by atoms with Crippen LogP contribution in [0.1, 0.15) is 74.3 Å². The smallest absolute Gasteiger partial charge is 0.206 e. The maximum Gasteiger partial charge on any atom is 0.206 e. The number of carbonyl (C=O) groups is 1. The van der Waals surface area contributed by atoms with Crippen LogP contribution in [0.15, 0.2) is 155 Å². The first kappa shape index (κ1) is 37.8. The Bertz CT molecular complexity index is 1940. The number of rotatable bonds is 6. The Morgan fingerprint density at radius 3 is 0.860 bits per heavy atom. The van der Waals surface area contributed by atoms with Crippen LogP contribution in [0.25, 0.3) is 0 Å². The molecular formula is C46H48O3S. The van der Waals surface area contributed by atoms with Crippen molar-refractivity contribution < 1.29 is 13.2 Å². The van der Waals surface area contributed by atoms with E-state index in [1.165, 1.54) is 33.4 Å². The van der Waals surface area contributed by atoms with Crippen LogP contribution in [0.4, 0.5) is 0 Å². The molecule has 0 unspecified atom stereocenters. The van der Waals surface area contributed by atoms with Crippen molar-refractivity contribution in [3.8, 4) is 0 Å². The molecule has 0 aliphatic carbocycles. The number of sulfone groups is 1. The van der Waals surface area contributed by atoms with Gasteiger partial charge in [0.1, 0.15) is 0 Å². The highest BCUT2D eigenvalue weighted by atomic mass is 32.2. The monoisotopic (exact) mass is 680 g/mol. The van der Waals surface area contributed by atoms with Gasteiger partial charge in [-0.05, 0) is 76.9 Å². The highest BCUT2D eigenvalue weighted by Gasteiger charge is 2.22. The third kappa shape index (κ3) is 9.99. The van der Waals surface area contributed by atoms with Gasteiger partial charge < -0.3 is 0 Å². The summed E-state index contributed by atoms with van der Waals surface area (Å²) in [6.45, 7) is 16.7. The molecule has 50 heavy (non-hydrogen) atoms. The minimum absolute atomic E-state index is 0.0708. The number of carbonyl (C=O) groups excluding carboxylic acids is 1. The zero-order valence-corrected chi connectivity index (χ0v) is 31.3. The van der Waals surface area contributed by atoms with Gasteiger partial charge in [-0.1, -0.05) is 169 Å². The summed E-state index contributed by atoms with van der Waals surface area (Å²) < 4.78 is 24.5. The summed E-state index contributed by atoms with van der Waals surface area (Å²) in [6.07, 6.45) is 0. The van der Waals surface area contributed by atoms with Crippen molar-refractivity contribution >= 4 is 15.6 Å². The molecule has 0 N–H and O–H groups in total. The van der Waals surface area contributed by atoms with Gasteiger partial charge in [0.2, 0.25) is 9.84 Å². The van der Waals surface area contributed by atoms with Crippen molar-refractivity contribution in [3.05, 3.63) is 201 Å². The van der Waals surface area contributed by atoms with Gasteiger partial charge in [-0.15, -0.1) is 0 Å². The molecule has 0 atom stereocenters. The summed E-state index contributed by atoms with van der Waals surface area (Å²) in [5.74, 6) is 0.0833. The minimum atomic E-state index is -3.37. The molecule has 6 aromatic carbocycles. The summed E-state index contributed by atoms with van der Waals surface area (Å²) in [5, 5.41) is 0. The minimum Gasteiger partial charge on any atom is -0.289 e. The first-order valence-corrected chi connectivity index (χ1v) is 18.4. The van der Waals surface area contributed by atoms with Crippen LogP contribution in [0.3, 0.4) is 0 Å². The molecule has 6 rings (SSSR count). The van der Waals surface area contributed by atoms with Crippen molar-refractivity contribution in [2.24, 2.45) is 0 Å². The number of ketones is 1. The summed E-state index contributed by atoms with van der Waals surface area (Å²) in [4.78, 5) is 12.7. The van der Waals surface area contributed by atoms with Crippen LogP contribution in [0.2, 0.25) is 0 Å². The Labute approximate surface area is 299 Å². The Balaban J connectivity index is 0.000000169. The molecule has 0 saturated carbocycles. The second-order valence-corrected chi connectivity index (χ2v) is 15.5. The maximum atomic E-state index is 12.3. The predicted molar refractivity (Wildman–Crippen MR) is 208 cm³/mol. The molecule has 3 nitrogen and oxygen atoms in total. The zero-order valence-electron chi connectivity index (χ0n) is 30.5. The van der Waals surface area contributed by atoms with Gasteiger partial charge in [-0.25, -0.2) is 8.42 Å². The fourth-order valence-corrected chi connectivity index (χ4v) is 6.52. The van der Waals surface area contributed by atoms with E-state index in [1.54, 1.807) is 48.5 Å². The van der Waals surface area contributed by atoms with Crippen LogP contribution >= 0.6 is 0 Å². The second kappa shape index (κ2) is 16.6. The number of benzene rings is 6. The van der Waals surface area contributed by atoms with Gasteiger partial charge in [0.05, 0.1) is 9.79 Å². The molecule has 0 saturated heterocycles. The summed E-state index contributed by atoms with van der Waals surface area (Å²) in [5.41, 5.74) is 11.4. The quantitative estimate of drug-likeness (QED) is 0.165. The zero-order chi connectivity index (χ0) is 36.5. The fraction of sp³-hybridized carbons (Fsp3) is 0.196. The predicted octanol–water partition coefficient (Wildman–Crippen LogP) is 11.3. The summed E-state index contributed by atoms with van der Waals surface area (Å²) in [6, 6.07) is 46.8. The molecule has 0 heterocycles. The average Bonchev–Trinajstić information content (AvgIpc) is 3.10. The molecule has 0 aromatic heterocycles. The lowest BCUT2D eigenvalue weighted by Crippen LogP contribution is -2.18. The standard InChI is InChI=1S/C17H20.C15H14O.C14H14O2S/c1-13-5-9-15(10-6-13)17(3,4)16-11-7-14(2)8-12-16;1-11-3-7-13(8-4-11)15(16)14-9-5-12(2)6-10-14;1-11-3-7-13(8-4-11)17(15,16)14-9-5-12(2)6-10-14/h5-12H,1-4H3;3-10H,1-2H3;3-10H,1-2H3. The van der Waals surface area contributed by atoms with Crippen LogP contribution in [0.5, 0.6) is 0 Å². The lowest BCUT2D eigenvalue weighted by molar-refractivity contribution is 0.103. The lowest BCUT2D eigenvalue weighted by Gasteiger charge is -2.26. The molecule has 0 aliphatic rings. The van der Waals surface area contributed by atoms with E-state index in [0.717, 1.165) is 22.3 Å². The molecule has 0 aliphatic heterocycles. The molecule has 0 spiro atoms. The molecule has 4 heteroatoms. The summed E-state index contributed by atoms with van der Waals surface area (Å²) in [7, 11) is -3.37. The fourth-order valence-electron chi connectivity index (χ4n) is 5.25. The third-order valence-corrected chi connectivity index (χ3v) is 10.6. The molecule has 0 bridgehead atoms. The van der Waals surface area contributed by atoms with Crippen LogP contribution in [0, 0.1) is 41.5 Å². The molecule has 256 valence electrons. The Hall–Kier alpha value is -5.06. The Morgan fingerprint density at radius 2 is 0.600 bits per heavy atom. The first-order chi connectivity index (χ1) is 23.7. The maximum absolute atomic E-state index is 12.3. The van der Waals surface area contributed by atoms with Crippen molar-refractivity contribution in [2.45, 2.75) is 70.6 Å². The molecular weight excluding hydrogens is 633 g/mol. The van der Waals surface area contributed by atoms with E-state index in [1.807, 2.05) is 76.2 Å². The highest BCUT2D eigenvalue weighted by molar-refractivity contribution is 7.91. The number of hydrogen-bond acceptors (Lipinski definition) is 3. The third-order valence-electron chi connectivity index (χ3n) is 8.84. The van der Waals surface area contributed by atoms with Crippen molar-refractivity contribution in [1.29, 1.82) is 0 Å². The van der Waals surface area contributed by atoms with E-state index in [2.05, 4.69) is 76.2 Å². The molecule has 0 amide bonds. The van der Waals surface area contributed by atoms with E-state index < -0.39 is 9.84 Å². The van der Waals surface area contributed by atoms with Gasteiger partial charge in [-0.3, -0.25) is 4.79 Å². The molecule has 0 radical (unpaired) electrons. The van der Waals surface area contributed by atoms with E-state index in [-0.39, 0.29) is 11.2 Å². The summed E-state index contributed by atoms with van der Waals surface area (Å²) >= 11 is 0. The van der Waals surface area contributed by atoms with Crippen LogP contribution in [-0.2, 0) is 15.3 Å². The second-order valence-electron chi connectivity index (χ2n) is 13.5. The average molecular weight is 681 g/mol. The van der Waals surface area contributed by atoms with Gasteiger partial charge >= 0.3 is 0 Å². The molecule has 0 fully saturated rings. The van der Waals surface area contributed by atoms with Gasteiger partial charge in [0, 0.05) is 16.5 Å². The van der Waals surface area contributed by atoms with E-state index >= 15 is 0 Å². The van der Waals surface area contributed by atoms with E-state index in [4.69, 9.17) is 0 Å². The van der Waals surface area contributed by atoms with E-state index in [9.17, 15) is 13.2 Å². The SMILES string of the molecule is Cc1ccc(C(=O)c2ccc(C)cc2)cc1.Cc1ccc(C(C)(C)c2ccc(C)cc2)cc1.Cc1ccc(S(=O)(=O)c2ccc(C)cc2)cc1. The van der Waals surface area contributed by atoms with E-state index in [0.29, 0.717) is 9.79 Å². The number of hydrogen-bond donors (Lipinski definition) is 0. The van der Waals surface area contributed by atoms with Crippen molar-refractivity contribution in [1.82, 2.24) is 0 Å². The number of aryl methyl sites for hydroxylation is 6. The topological polar surface area (TPSA) is 51.2 Å². The van der Waals surface area contributed by atoms with Gasteiger partial charge in [-0.2, -0.15) is 0 Å². The van der Waals surface area contributed by atoms with Crippen molar-refractivity contribution in [2.75, 3.05) is 0 Å². The largest absolute Gasteiger partial charge is 0.289 e. The molecule has 6 aromatic rings. The van der Waals surface area contributed by atoms with Crippen LogP contribution < -0.4 is 0 Å². The Morgan fingerprint density at radius 1 is 0.380 bits per heavy atom. The normalized spacial score (nSPS) is 11.0. The van der Waals surface area contributed by atoms with Crippen LogP contribution in [-0.4, -0.2) is 14.2 Å².